The van der Waals surface area contributed by atoms with Gasteiger partial charge in [0.2, 0.25) is 15.8 Å². The van der Waals surface area contributed by atoms with Crippen LogP contribution < -0.4 is 9.46 Å². The van der Waals surface area contributed by atoms with E-state index in [0.717, 1.165) is 11.1 Å². The molecule has 1 N–H and O–H groups in total. The van der Waals surface area contributed by atoms with Crippen molar-refractivity contribution < 1.29 is 27.5 Å². The third-order valence-electron chi connectivity index (χ3n) is 4.25. The number of ether oxygens (including phenoxy) is 2. The van der Waals surface area contributed by atoms with E-state index in [1.807, 2.05) is 6.92 Å². The molecule has 0 amide bonds. The van der Waals surface area contributed by atoms with Crippen LogP contribution in [0.15, 0.2) is 47.4 Å². The Morgan fingerprint density at radius 1 is 1.04 bits per heavy atom. The molecule has 0 aromatic heterocycles. The molecule has 0 radical (unpaired) electrons. The molecule has 1 atom stereocenters. The molecular formula is C20H23NO6S. The Balaban J connectivity index is 1.95. The second kappa shape index (κ2) is 8.99. The summed E-state index contributed by atoms with van der Waals surface area (Å²) in [5, 5.41) is 0. The average Bonchev–Trinajstić information content (AvgIpc) is 2.68. The third kappa shape index (κ3) is 5.40. The number of Topliss-reactive ketones (excluding diaryl/α,β-unsaturated/α-hetero) is 1. The molecule has 150 valence electrons. The minimum Gasteiger partial charge on any atom is -0.497 e. The van der Waals surface area contributed by atoms with Gasteiger partial charge >= 0.3 is 5.97 Å². The predicted molar refractivity (Wildman–Crippen MR) is 104 cm³/mol. The van der Waals surface area contributed by atoms with Gasteiger partial charge in [0.05, 0.1) is 12.0 Å². The first kappa shape index (κ1) is 21.6. The molecular weight excluding hydrogens is 382 g/mol. The highest BCUT2D eigenvalue weighted by Gasteiger charge is 2.22. The van der Waals surface area contributed by atoms with Crippen molar-refractivity contribution in [2.24, 2.45) is 0 Å². The third-order valence-corrected chi connectivity index (χ3v) is 5.65. The molecule has 2 rings (SSSR count). The fourth-order valence-corrected chi connectivity index (χ4v) is 3.45. The Kier molecular flexibility index (Phi) is 6.93. The molecule has 2 aromatic rings. The lowest BCUT2D eigenvalue weighted by Crippen LogP contribution is -2.34. The summed E-state index contributed by atoms with van der Waals surface area (Å²) >= 11 is 0. The Hall–Kier alpha value is -2.71. The number of hydrogen-bond donors (Lipinski definition) is 1. The Morgan fingerprint density at radius 3 is 2.25 bits per heavy atom. The van der Waals surface area contributed by atoms with Gasteiger partial charge in [0.25, 0.3) is 0 Å². The first-order valence-electron chi connectivity index (χ1n) is 8.58. The average molecular weight is 405 g/mol. The lowest BCUT2D eigenvalue weighted by Gasteiger charge is -2.13. The highest BCUT2D eigenvalue weighted by Crippen LogP contribution is 2.15. The molecule has 0 spiro atoms. The topological polar surface area (TPSA) is 98.8 Å². The zero-order valence-electron chi connectivity index (χ0n) is 16.2. The van der Waals surface area contributed by atoms with E-state index in [1.165, 1.54) is 26.2 Å². The van der Waals surface area contributed by atoms with Crippen LogP contribution in [0.1, 0.15) is 28.4 Å². The Morgan fingerprint density at radius 2 is 1.68 bits per heavy atom. The minimum absolute atomic E-state index is 0.0609. The maximum absolute atomic E-state index is 12.3. The summed E-state index contributed by atoms with van der Waals surface area (Å²) in [6.45, 7) is 4.53. The lowest BCUT2D eigenvalue weighted by atomic mass is 10.1. The van der Waals surface area contributed by atoms with Crippen molar-refractivity contribution in [1.29, 1.82) is 0 Å². The van der Waals surface area contributed by atoms with E-state index in [-0.39, 0.29) is 4.90 Å². The van der Waals surface area contributed by atoms with Crippen LogP contribution in [0.5, 0.6) is 5.75 Å². The zero-order chi connectivity index (χ0) is 20.9. The van der Waals surface area contributed by atoms with Gasteiger partial charge in [-0.2, -0.15) is 4.72 Å². The first-order valence-corrected chi connectivity index (χ1v) is 10.1. The highest BCUT2D eigenvalue weighted by atomic mass is 32.2. The number of aryl methyl sites for hydroxylation is 2. The molecule has 8 heteroatoms. The Labute approximate surface area is 164 Å². The molecule has 0 bridgehead atoms. The van der Waals surface area contributed by atoms with Crippen LogP contribution in [-0.2, 0) is 19.6 Å². The van der Waals surface area contributed by atoms with Crippen molar-refractivity contribution in [3.8, 4) is 5.75 Å². The van der Waals surface area contributed by atoms with Crippen LogP contribution in [0.4, 0.5) is 0 Å². The van der Waals surface area contributed by atoms with Crippen LogP contribution >= 0.6 is 0 Å². The van der Waals surface area contributed by atoms with Crippen LogP contribution in [0, 0.1) is 13.8 Å². The van der Waals surface area contributed by atoms with E-state index in [4.69, 9.17) is 9.47 Å². The molecule has 7 nitrogen and oxygen atoms in total. The number of hydrogen-bond acceptors (Lipinski definition) is 6. The quantitative estimate of drug-likeness (QED) is 0.535. The molecule has 0 aliphatic rings. The normalized spacial score (nSPS) is 12.3. The number of sulfonamides is 1. The van der Waals surface area contributed by atoms with Crippen LogP contribution in [-0.4, -0.2) is 39.9 Å². The molecule has 2 aromatic carbocycles. The molecule has 0 aliphatic heterocycles. The maximum atomic E-state index is 12.3. The van der Waals surface area contributed by atoms with E-state index in [0.29, 0.717) is 11.3 Å². The molecule has 28 heavy (non-hydrogen) atoms. The van der Waals surface area contributed by atoms with Crippen LogP contribution in [0.3, 0.4) is 0 Å². The Bertz CT molecular complexity index is 967. The summed E-state index contributed by atoms with van der Waals surface area (Å²) in [6.07, 6.45) is -1.05. The number of methoxy groups -OCH3 is 1. The predicted octanol–water partition coefficient (Wildman–Crippen LogP) is 2.40. The number of carbonyl (C=O) groups is 2. The van der Waals surface area contributed by atoms with Gasteiger partial charge < -0.3 is 9.47 Å². The van der Waals surface area contributed by atoms with Crippen molar-refractivity contribution in [1.82, 2.24) is 4.72 Å². The van der Waals surface area contributed by atoms with E-state index in [1.54, 1.807) is 37.3 Å². The number of esters is 1. The fraction of sp³-hybridized carbons (Fsp3) is 0.300. The van der Waals surface area contributed by atoms with E-state index < -0.39 is 34.4 Å². The zero-order valence-corrected chi connectivity index (χ0v) is 17.0. The van der Waals surface area contributed by atoms with Gasteiger partial charge in [0.15, 0.2) is 6.10 Å². The van der Waals surface area contributed by atoms with Crippen LogP contribution in [0.2, 0.25) is 0 Å². The van der Waals surface area contributed by atoms with Crippen molar-refractivity contribution in [3.63, 3.8) is 0 Å². The standard InChI is InChI=1S/C20H23NO6S/c1-13-5-10-18(11-14(13)2)28(24,25)21-12-19(22)27-15(3)20(23)16-6-8-17(26-4)9-7-16/h5-11,15,21H,12H2,1-4H3/t15-/m1/s1. The smallest absolute Gasteiger partial charge is 0.321 e. The molecule has 0 fully saturated rings. The molecule has 0 aliphatic carbocycles. The molecule has 0 unspecified atom stereocenters. The summed E-state index contributed by atoms with van der Waals surface area (Å²) in [5.41, 5.74) is 2.14. The monoisotopic (exact) mass is 405 g/mol. The SMILES string of the molecule is COc1ccc(C(=O)[C@@H](C)OC(=O)CNS(=O)(=O)c2ccc(C)c(C)c2)cc1. The molecule has 0 saturated heterocycles. The largest absolute Gasteiger partial charge is 0.497 e. The van der Waals surface area contributed by atoms with E-state index in [2.05, 4.69) is 4.72 Å². The first-order chi connectivity index (χ1) is 13.1. The van der Waals surface area contributed by atoms with Crippen molar-refractivity contribution in [3.05, 3.63) is 59.2 Å². The summed E-state index contributed by atoms with van der Waals surface area (Å²) in [5.74, 6) is -0.642. The molecule has 0 heterocycles. The second-order valence-electron chi connectivity index (χ2n) is 6.30. The van der Waals surface area contributed by atoms with E-state index >= 15 is 0 Å². The van der Waals surface area contributed by atoms with Gasteiger partial charge in [0.1, 0.15) is 12.3 Å². The summed E-state index contributed by atoms with van der Waals surface area (Å²) in [7, 11) is -2.35. The number of carbonyl (C=O) groups excluding carboxylic acids is 2. The lowest BCUT2D eigenvalue weighted by molar-refractivity contribution is -0.144. The summed E-state index contributed by atoms with van der Waals surface area (Å²) < 4.78 is 36.9. The number of nitrogens with one attached hydrogen (secondary N) is 1. The van der Waals surface area contributed by atoms with Crippen molar-refractivity contribution in [2.75, 3.05) is 13.7 Å². The van der Waals surface area contributed by atoms with Gasteiger partial charge in [-0.15, -0.1) is 0 Å². The van der Waals surface area contributed by atoms with Gasteiger partial charge in [-0.05, 0) is 68.3 Å². The highest BCUT2D eigenvalue weighted by molar-refractivity contribution is 7.89. The van der Waals surface area contributed by atoms with Gasteiger partial charge in [-0.25, -0.2) is 8.42 Å². The number of benzene rings is 2. The van der Waals surface area contributed by atoms with Gasteiger partial charge in [-0.3, -0.25) is 9.59 Å². The van der Waals surface area contributed by atoms with Gasteiger partial charge in [0, 0.05) is 5.56 Å². The minimum atomic E-state index is -3.86. The van der Waals surface area contributed by atoms with Crippen molar-refractivity contribution >= 4 is 21.8 Å². The summed E-state index contributed by atoms with van der Waals surface area (Å²) in [6, 6.07) is 11.1. The van der Waals surface area contributed by atoms with Gasteiger partial charge in [-0.1, -0.05) is 6.07 Å². The molecule has 0 saturated carbocycles. The van der Waals surface area contributed by atoms with E-state index in [9.17, 15) is 18.0 Å². The maximum Gasteiger partial charge on any atom is 0.321 e. The second-order valence-corrected chi connectivity index (χ2v) is 8.06. The number of rotatable bonds is 8. The fourth-order valence-electron chi connectivity index (χ4n) is 2.40. The number of ketones is 1. The summed E-state index contributed by atoms with van der Waals surface area (Å²) in [4.78, 5) is 24.3. The van der Waals surface area contributed by atoms with Crippen molar-refractivity contribution in [2.45, 2.75) is 31.8 Å². The van der Waals surface area contributed by atoms with Crippen LogP contribution in [0.25, 0.3) is 0 Å².